The van der Waals surface area contributed by atoms with Gasteiger partial charge >= 0.3 is 0 Å². The minimum absolute atomic E-state index is 0. The first-order chi connectivity index (χ1) is 2.00. The summed E-state index contributed by atoms with van der Waals surface area (Å²) in [7, 11) is 8.50. The lowest BCUT2D eigenvalue weighted by Gasteiger charge is -2.14. The van der Waals surface area contributed by atoms with Crippen LogP contribution in [0.1, 0.15) is 0 Å². The van der Waals surface area contributed by atoms with Crippen molar-refractivity contribution in [3.05, 3.63) is 0 Å². The van der Waals surface area contributed by atoms with Crippen LogP contribution in [0.4, 0.5) is 0 Å². The van der Waals surface area contributed by atoms with Crippen molar-refractivity contribution in [2.75, 3.05) is 28.2 Å². The SMILES string of the molecule is C[N+](C)(C)C.[BH4-].[B].[B]. The van der Waals surface area contributed by atoms with Crippen molar-refractivity contribution in [3.8, 4) is 0 Å². The number of hydrogen-bond donors (Lipinski definition) is 0. The van der Waals surface area contributed by atoms with Crippen molar-refractivity contribution in [1.82, 2.24) is 0 Å². The molecule has 4 heteroatoms. The fourth-order valence-electron chi connectivity index (χ4n) is 0. The molecule has 0 N–H and O–H groups in total. The molecule has 46 valence electrons. The van der Waals surface area contributed by atoms with Gasteiger partial charge in [-0.05, 0) is 0 Å². The maximum Gasteiger partial charge on any atom is 0.0675 e. The van der Waals surface area contributed by atoms with Crippen LogP contribution >= 0.6 is 0 Å². The van der Waals surface area contributed by atoms with E-state index < -0.39 is 0 Å². The molecule has 0 spiro atoms. The lowest BCUT2D eigenvalue weighted by Crippen LogP contribution is -2.27. The highest BCUT2D eigenvalue weighted by atomic mass is 15.2. The first-order valence-electron chi connectivity index (χ1n) is 1.79. The maximum absolute atomic E-state index is 2.12. The van der Waals surface area contributed by atoms with E-state index in [1.54, 1.807) is 0 Å². The fraction of sp³-hybridized carbons (Fsp3) is 1.00. The van der Waals surface area contributed by atoms with Crippen molar-refractivity contribution < 1.29 is 4.48 Å². The van der Waals surface area contributed by atoms with Crippen molar-refractivity contribution >= 4 is 25.2 Å². The third-order valence-corrected chi connectivity index (χ3v) is 0. The molecule has 0 saturated carbocycles. The molecule has 0 aliphatic rings. The van der Waals surface area contributed by atoms with Gasteiger partial charge in [0.1, 0.15) is 0 Å². The summed E-state index contributed by atoms with van der Waals surface area (Å²) in [6.07, 6.45) is 0. The first-order valence-corrected chi connectivity index (χ1v) is 1.79. The molecule has 6 radical (unpaired) electrons. The fourth-order valence-corrected chi connectivity index (χ4v) is 0. The Kier molecular flexibility index (Phi) is 21.6. The Morgan fingerprint density at radius 2 is 0.750 bits per heavy atom. The average molecular weight is 111 g/mol. The Morgan fingerprint density at radius 1 is 0.750 bits per heavy atom. The average Bonchev–Trinajstić information content (AvgIpc) is 0.722. The summed E-state index contributed by atoms with van der Waals surface area (Å²) in [4.78, 5) is 0. The van der Waals surface area contributed by atoms with E-state index in [-0.39, 0.29) is 25.2 Å². The van der Waals surface area contributed by atoms with Crippen LogP contribution in [0.5, 0.6) is 0 Å². The molecule has 0 atom stereocenters. The van der Waals surface area contributed by atoms with Gasteiger partial charge in [0.2, 0.25) is 0 Å². The topological polar surface area (TPSA) is 0 Å². The summed E-state index contributed by atoms with van der Waals surface area (Å²) < 4.78 is 1.00. The standard InChI is InChI=1S/C4H12N.BH4.2B/c1-5(2,3)4;;;/h1-4H3;1H4;;/q+1;-1;;. The third-order valence-electron chi connectivity index (χ3n) is 0. The summed E-state index contributed by atoms with van der Waals surface area (Å²) >= 11 is 0. The Labute approximate surface area is 58.8 Å². The highest BCUT2D eigenvalue weighted by Gasteiger charge is 1.88. The molecule has 0 saturated heterocycles. The summed E-state index contributed by atoms with van der Waals surface area (Å²) in [5, 5.41) is 0. The lowest BCUT2D eigenvalue weighted by molar-refractivity contribution is -0.849. The zero-order valence-electron chi connectivity index (χ0n) is 5.60. The van der Waals surface area contributed by atoms with Gasteiger partial charge in [0.25, 0.3) is 0 Å². The smallest absolute Gasteiger partial charge is 0.0675 e. The van der Waals surface area contributed by atoms with Gasteiger partial charge in [0.15, 0.2) is 0 Å². The molecule has 0 amide bonds. The van der Waals surface area contributed by atoms with Gasteiger partial charge in [0, 0.05) is 16.8 Å². The van der Waals surface area contributed by atoms with E-state index in [9.17, 15) is 0 Å². The molecule has 0 rings (SSSR count). The number of nitrogens with zero attached hydrogens (tertiary/aromatic N) is 1. The number of hydrogen-bond acceptors (Lipinski definition) is 0. The summed E-state index contributed by atoms with van der Waals surface area (Å²) in [6, 6.07) is 0. The summed E-state index contributed by atoms with van der Waals surface area (Å²) in [5.41, 5.74) is 0. The van der Waals surface area contributed by atoms with Gasteiger partial charge in [-0.1, -0.05) is 8.41 Å². The molecule has 0 aromatic heterocycles. The van der Waals surface area contributed by atoms with Crippen molar-refractivity contribution in [1.29, 1.82) is 0 Å². The Bertz CT molecular complexity index is 26.8. The number of quaternary nitrogens is 1. The molecule has 0 aliphatic heterocycles. The van der Waals surface area contributed by atoms with Gasteiger partial charge in [-0.3, -0.25) is 0 Å². The predicted molar refractivity (Wildman–Crippen MR) is 46.8 cm³/mol. The van der Waals surface area contributed by atoms with E-state index in [1.165, 1.54) is 0 Å². The summed E-state index contributed by atoms with van der Waals surface area (Å²) in [6.45, 7) is 0. The minimum Gasteiger partial charge on any atom is -0.333 e. The van der Waals surface area contributed by atoms with Crippen molar-refractivity contribution in [2.24, 2.45) is 0 Å². The second kappa shape index (κ2) is 7.15. The lowest BCUT2D eigenvalue weighted by atomic mass is 10.8. The van der Waals surface area contributed by atoms with Crippen LogP contribution in [0.25, 0.3) is 0 Å². The highest BCUT2D eigenvalue weighted by Crippen LogP contribution is 1.73. The summed E-state index contributed by atoms with van der Waals surface area (Å²) in [5.74, 6) is 0. The molecule has 0 aliphatic carbocycles. The normalized spacial score (nSPS) is 7.50. The largest absolute Gasteiger partial charge is 0.333 e. The van der Waals surface area contributed by atoms with E-state index in [4.69, 9.17) is 0 Å². The second-order valence-electron chi connectivity index (χ2n) is 2.68. The Hall–Kier alpha value is 0.155. The van der Waals surface area contributed by atoms with Gasteiger partial charge in [-0.25, -0.2) is 0 Å². The van der Waals surface area contributed by atoms with Gasteiger partial charge in [0.05, 0.1) is 28.2 Å². The molecule has 8 heavy (non-hydrogen) atoms. The Morgan fingerprint density at radius 3 is 0.750 bits per heavy atom. The van der Waals surface area contributed by atoms with Crippen LogP contribution in [-0.4, -0.2) is 57.9 Å². The predicted octanol–water partition coefficient (Wildman–Crippen LogP) is -1.89. The molecule has 0 heterocycles. The van der Waals surface area contributed by atoms with Gasteiger partial charge in [-0.15, -0.1) is 0 Å². The van der Waals surface area contributed by atoms with Gasteiger partial charge < -0.3 is 4.48 Å². The molecule has 0 aromatic carbocycles. The van der Waals surface area contributed by atoms with Crippen LogP contribution in [-0.2, 0) is 0 Å². The van der Waals surface area contributed by atoms with E-state index in [0.717, 1.165) is 4.48 Å². The van der Waals surface area contributed by atoms with Crippen LogP contribution in [0.3, 0.4) is 0 Å². The van der Waals surface area contributed by atoms with Crippen molar-refractivity contribution in [3.63, 3.8) is 0 Å². The van der Waals surface area contributed by atoms with Gasteiger partial charge in [-0.2, -0.15) is 0 Å². The quantitative estimate of drug-likeness (QED) is 0.253. The van der Waals surface area contributed by atoms with E-state index >= 15 is 0 Å². The molecule has 0 bridgehead atoms. The zero-order valence-corrected chi connectivity index (χ0v) is 5.60. The third kappa shape index (κ3) is 6820. The van der Waals surface area contributed by atoms with E-state index in [2.05, 4.69) is 28.2 Å². The van der Waals surface area contributed by atoms with Crippen molar-refractivity contribution in [2.45, 2.75) is 0 Å². The molecule has 0 unspecified atom stereocenters. The molecule has 1 nitrogen and oxygen atoms in total. The molecular weight excluding hydrogens is 94.5 g/mol. The number of rotatable bonds is 0. The monoisotopic (exact) mass is 111 g/mol. The molecule has 0 fully saturated rings. The Balaban J connectivity index is -0.0000000267. The zero-order chi connectivity index (χ0) is 4.50. The molecule has 0 aromatic rings. The maximum atomic E-state index is 2.12. The van der Waals surface area contributed by atoms with E-state index in [1.807, 2.05) is 0 Å². The van der Waals surface area contributed by atoms with Crippen LogP contribution in [0.2, 0.25) is 0 Å². The van der Waals surface area contributed by atoms with Crippen LogP contribution in [0.15, 0.2) is 0 Å². The van der Waals surface area contributed by atoms with E-state index in [0.29, 0.717) is 0 Å². The highest BCUT2D eigenvalue weighted by molar-refractivity contribution is 5.76. The molecular formula is C4H16B3N. The van der Waals surface area contributed by atoms with Crippen LogP contribution < -0.4 is 0 Å². The second-order valence-corrected chi connectivity index (χ2v) is 2.68. The van der Waals surface area contributed by atoms with Crippen LogP contribution in [0, 0.1) is 0 Å². The first kappa shape index (κ1) is 24.2. The minimum atomic E-state index is 0.